The Kier molecular flexibility index (Phi) is 3.51. The summed E-state index contributed by atoms with van der Waals surface area (Å²) in [7, 11) is 0. The first-order valence-corrected chi connectivity index (χ1v) is 7.07. The fourth-order valence-corrected chi connectivity index (χ4v) is 3.69. The highest BCUT2D eigenvalue weighted by Crippen LogP contribution is 2.41. The van der Waals surface area contributed by atoms with E-state index in [9.17, 15) is 0 Å². The number of hydrogen-bond acceptors (Lipinski definition) is 4. The molecule has 4 nitrogen and oxygen atoms in total. The standard InChI is InChI=1S/C13H28N4/c14-11(7-3-1-4-8-11)13(16,17)12(15)9-5-2-6-10-12/h1-10,14-17H2. The summed E-state index contributed by atoms with van der Waals surface area (Å²) in [5.74, 6) is 0. The Morgan fingerprint density at radius 3 is 1.18 bits per heavy atom. The van der Waals surface area contributed by atoms with E-state index in [0.717, 1.165) is 51.4 Å². The summed E-state index contributed by atoms with van der Waals surface area (Å²) in [5, 5.41) is 0. The minimum atomic E-state index is -0.930. The second kappa shape index (κ2) is 4.50. The lowest BCUT2D eigenvalue weighted by atomic mass is 9.62. The molecule has 8 N–H and O–H groups in total. The molecule has 0 aromatic rings. The van der Waals surface area contributed by atoms with Crippen LogP contribution in [0.5, 0.6) is 0 Å². The predicted octanol–water partition coefficient (Wildman–Crippen LogP) is 0.923. The van der Waals surface area contributed by atoms with Crippen LogP contribution in [0, 0.1) is 0 Å². The molecule has 0 aliphatic heterocycles. The minimum Gasteiger partial charge on any atom is -0.322 e. The van der Waals surface area contributed by atoms with Gasteiger partial charge in [-0.15, -0.1) is 0 Å². The van der Waals surface area contributed by atoms with Crippen molar-refractivity contribution in [2.24, 2.45) is 22.9 Å². The fourth-order valence-electron chi connectivity index (χ4n) is 3.69. The summed E-state index contributed by atoms with van der Waals surface area (Å²) in [5.41, 5.74) is 24.1. The molecule has 100 valence electrons. The quantitative estimate of drug-likeness (QED) is 0.539. The maximum absolute atomic E-state index is 6.52. The summed E-state index contributed by atoms with van der Waals surface area (Å²) in [4.78, 5) is 0. The molecule has 0 bridgehead atoms. The number of hydrogen-bond donors (Lipinski definition) is 4. The first-order chi connectivity index (χ1) is 7.91. The van der Waals surface area contributed by atoms with Gasteiger partial charge >= 0.3 is 0 Å². The van der Waals surface area contributed by atoms with Gasteiger partial charge in [0, 0.05) is 11.1 Å². The molecular weight excluding hydrogens is 212 g/mol. The summed E-state index contributed by atoms with van der Waals surface area (Å²) in [6, 6.07) is 0. The van der Waals surface area contributed by atoms with Crippen molar-refractivity contribution in [3.05, 3.63) is 0 Å². The van der Waals surface area contributed by atoms with E-state index < -0.39 is 16.7 Å². The van der Waals surface area contributed by atoms with Crippen LogP contribution in [0.25, 0.3) is 0 Å². The van der Waals surface area contributed by atoms with Crippen LogP contribution in [-0.2, 0) is 0 Å². The molecule has 0 saturated heterocycles. The van der Waals surface area contributed by atoms with E-state index in [1.54, 1.807) is 0 Å². The van der Waals surface area contributed by atoms with E-state index in [2.05, 4.69) is 0 Å². The second-order valence-corrected chi connectivity index (χ2v) is 6.30. The Morgan fingerprint density at radius 1 is 0.588 bits per heavy atom. The van der Waals surface area contributed by atoms with Crippen molar-refractivity contribution in [2.45, 2.75) is 80.9 Å². The van der Waals surface area contributed by atoms with E-state index in [-0.39, 0.29) is 0 Å². The van der Waals surface area contributed by atoms with Crippen molar-refractivity contribution >= 4 is 0 Å². The summed E-state index contributed by atoms with van der Waals surface area (Å²) < 4.78 is 0. The molecule has 0 spiro atoms. The zero-order valence-corrected chi connectivity index (χ0v) is 10.9. The maximum atomic E-state index is 6.52. The normalized spacial score (nSPS) is 28.9. The monoisotopic (exact) mass is 240 g/mol. The van der Waals surface area contributed by atoms with Crippen LogP contribution in [0.3, 0.4) is 0 Å². The highest BCUT2D eigenvalue weighted by atomic mass is 15.1. The molecule has 2 saturated carbocycles. The summed E-state index contributed by atoms with van der Waals surface area (Å²) >= 11 is 0. The van der Waals surface area contributed by atoms with Crippen molar-refractivity contribution < 1.29 is 0 Å². The average Bonchev–Trinajstić information content (AvgIpc) is 2.30. The first-order valence-electron chi connectivity index (χ1n) is 7.07. The Balaban J connectivity index is 2.20. The molecule has 0 unspecified atom stereocenters. The zero-order valence-electron chi connectivity index (χ0n) is 10.9. The fraction of sp³-hybridized carbons (Fsp3) is 1.00. The highest BCUT2D eigenvalue weighted by molar-refractivity contribution is 5.17. The number of nitrogens with two attached hydrogens (primary N) is 4. The molecule has 2 aliphatic carbocycles. The molecule has 0 aromatic heterocycles. The Hall–Kier alpha value is -0.160. The van der Waals surface area contributed by atoms with Crippen LogP contribution in [0.4, 0.5) is 0 Å². The van der Waals surface area contributed by atoms with Crippen molar-refractivity contribution in [2.75, 3.05) is 0 Å². The van der Waals surface area contributed by atoms with Gasteiger partial charge in [-0.2, -0.15) is 0 Å². The number of rotatable bonds is 2. The first kappa shape index (κ1) is 13.3. The van der Waals surface area contributed by atoms with Gasteiger partial charge < -0.3 is 22.9 Å². The molecule has 2 aliphatic rings. The Labute approximate surface area is 104 Å². The third kappa shape index (κ3) is 2.12. The second-order valence-electron chi connectivity index (χ2n) is 6.30. The van der Waals surface area contributed by atoms with Crippen LogP contribution in [0.1, 0.15) is 64.2 Å². The molecule has 0 heterocycles. The van der Waals surface area contributed by atoms with Crippen LogP contribution >= 0.6 is 0 Å². The van der Waals surface area contributed by atoms with E-state index in [1.165, 1.54) is 12.8 Å². The van der Waals surface area contributed by atoms with E-state index >= 15 is 0 Å². The lowest BCUT2D eigenvalue weighted by Crippen LogP contribution is -2.84. The lowest BCUT2D eigenvalue weighted by Gasteiger charge is -2.56. The molecule has 17 heavy (non-hydrogen) atoms. The van der Waals surface area contributed by atoms with Crippen LogP contribution < -0.4 is 22.9 Å². The van der Waals surface area contributed by atoms with Gasteiger partial charge in [-0.05, 0) is 25.7 Å². The average molecular weight is 240 g/mol. The van der Waals surface area contributed by atoms with Gasteiger partial charge in [0.15, 0.2) is 0 Å². The third-order valence-corrected chi connectivity index (χ3v) is 5.14. The molecule has 2 fully saturated rings. The van der Waals surface area contributed by atoms with Crippen LogP contribution in [0.15, 0.2) is 0 Å². The molecular formula is C13H28N4. The largest absolute Gasteiger partial charge is 0.322 e. The van der Waals surface area contributed by atoms with Gasteiger partial charge in [0.05, 0.1) is 0 Å². The smallest absolute Gasteiger partial charge is 0.101 e. The van der Waals surface area contributed by atoms with Gasteiger partial charge in [-0.3, -0.25) is 0 Å². The zero-order chi connectivity index (χ0) is 12.6. The molecule has 0 amide bonds. The van der Waals surface area contributed by atoms with Crippen molar-refractivity contribution in [3.63, 3.8) is 0 Å². The minimum absolute atomic E-state index is 0.475. The van der Waals surface area contributed by atoms with Gasteiger partial charge in [-0.1, -0.05) is 38.5 Å². The van der Waals surface area contributed by atoms with Crippen molar-refractivity contribution in [1.82, 2.24) is 0 Å². The van der Waals surface area contributed by atoms with E-state index in [0.29, 0.717) is 0 Å². The molecule has 0 aromatic carbocycles. The highest BCUT2D eigenvalue weighted by Gasteiger charge is 2.55. The van der Waals surface area contributed by atoms with Gasteiger partial charge in [0.2, 0.25) is 0 Å². The van der Waals surface area contributed by atoms with Crippen LogP contribution in [0.2, 0.25) is 0 Å². The Morgan fingerprint density at radius 2 is 0.882 bits per heavy atom. The molecule has 2 rings (SSSR count). The predicted molar refractivity (Wildman–Crippen MR) is 71.1 cm³/mol. The van der Waals surface area contributed by atoms with Crippen molar-refractivity contribution in [1.29, 1.82) is 0 Å². The van der Waals surface area contributed by atoms with Gasteiger partial charge in [-0.25, -0.2) is 0 Å². The van der Waals surface area contributed by atoms with E-state index in [4.69, 9.17) is 22.9 Å². The molecule has 0 atom stereocenters. The lowest BCUT2D eigenvalue weighted by molar-refractivity contribution is 0.0575. The van der Waals surface area contributed by atoms with Crippen molar-refractivity contribution in [3.8, 4) is 0 Å². The summed E-state index contributed by atoms with van der Waals surface area (Å²) in [6.07, 6.45) is 10.7. The van der Waals surface area contributed by atoms with Gasteiger partial charge in [0.1, 0.15) is 5.66 Å². The van der Waals surface area contributed by atoms with Crippen LogP contribution in [-0.4, -0.2) is 16.7 Å². The maximum Gasteiger partial charge on any atom is 0.101 e. The SMILES string of the molecule is NC1(C(N)(N)C2(N)CCCCC2)CCCCC1. The van der Waals surface area contributed by atoms with E-state index in [1.807, 2.05) is 0 Å². The molecule has 0 radical (unpaired) electrons. The Bertz CT molecular complexity index is 237. The third-order valence-electron chi connectivity index (χ3n) is 5.14. The topological polar surface area (TPSA) is 104 Å². The summed E-state index contributed by atoms with van der Waals surface area (Å²) in [6.45, 7) is 0. The molecule has 4 heteroatoms. The van der Waals surface area contributed by atoms with Gasteiger partial charge in [0.25, 0.3) is 0 Å².